The van der Waals surface area contributed by atoms with Gasteiger partial charge in [-0.05, 0) is 31.4 Å². The highest BCUT2D eigenvalue weighted by atomic mass is 16.2. The number of carbonyl (C=O) groups excluding carboxylic acids is 1. The third-order valence-corrected chi connectivity index (χ3v) is 4.83. The molecule has 7 nitrogen and oxygen atoms in total. The maximum atomic E-state index is 12.7. The molecule has 0 unspecified atom stereocenters. The fourth-order valence-corrected chi connectivity index (χ4v) is 3.38. The molecule has 1 amide bonds. The van der Waals surface area contributed by atoms with Crippen LogP contribution in [0.4, 0.5) is 0 Å². The molecule has 134 valence electrons. The van der Waals surface area contributed by atoms with Crippen LogP contribution in [0.15, 0.2) is 47.7 Å². The van der Waals surface area contributed by atoms with Crippen LogP contribution < -0.4 is 5.56 Å². The minimum Gasteiger partial charge on any atom is -0.343 e. The van der Waals surface area contributed by atoms with E-state index in [4.69, 9.17) is 0 Å². The largest absolute Gasteiger partial charge is 0.343 e. The van der Waals surface area contributed by atoms with E-state index in [1.807, 2.05) is 35.2 Å². The predicted molar refractivity (Wildman–Crippen MR) is 98.2 cm³/mol. The Bertz CT molecular complexity index is 971. The van der Waals surface area contributed by atoms with Gasteiger partial charge in [0.25, 0.3) is 5.56 Å². The molecule has 1 aliphatic rings. The Labute approximate surface area is 150 Å². The van der Waals surface area contributed by atoms with E-state index in [1.54, 1.807) is 10.9 Å². The number of para-hydroxylation sites is 1. The smallest absolute Gasteiger partial charge is 0.264 e. The lowest BCUT2D eigenvalue weighted by Crippen LogP contribution is -2.36. The van der Waals surface area contributed by atoms with Crippen molar-refractivity contribution >= 4 is 16.9 Å². The monoisotopic (exact) mass is 351 g/mol. The second-order valence-corrected chi connectivity index (χ2v) is 6.56. The van der Waals surface area contributed by atoms with Gasteiger partial charge in [-0.2, -0.15) is 5.10 Å². The van der Waals surface area contributed by atoms with Crippen LogP contribution >= 0.6 is 0 Å². The van der Waals surface area contributed by atoms with Crippen LogP contribution in [0.25, 0.3) is 16.7 Å². The number of aromatic nitrogens is 4. The van der Waals surface area contributed by atoms with Gasteiger partial charge in [-0.15, -0.1) is 0 Å². The van der Waals surface area contributed by atoms with Crippen LogP contribution in [0.3, 0.4) is 0 Å². The van der Waals surface area contributed by atoms with E-state index in [9.17, 15) is 9.59 Å². The van der Waals surface area contributed by atoms with Gasteiger partial charge in [-0.3, -0.25) is 14.2 Å². The quantitative estimate of drug-likeness (QED) is 0.720. The summed E-state index contributed by atoms with van der Waals surface area (Å²) in [5.74, 6) is 0.108. The Morgan fingerprint density at radius 3 is 2.62 bits per heavy atom. The third-order valence-electron chi connectivity index (χ3n) is 4.83. The number of hydrogen-bond donors (Lipinski definition) is 0. The number of hydrogen-bond acceptors (Lipinski definition) is 4. The number of benzene rings is 1. The zero-order chi connectivity index (χ0) is 17.9. The molecule has 0 spiro atoms. The first-order chi connectivity index (χ1) is 12.7. The van der Waals surface area contributed by atoms with Gasteiger partial charge in [0.1, 0.15) is 5.39 Å². The molecule has 4 rings (SSSR count). The van der Waals surface area contributed by atoms with Gasteiger partial charge in [0.05, 0.1) is 18.2 Å². The Kier molecular flexibility index (Phi) is 4.51. The summed E-state index contributed by atoms with van der Waals surface area (Å²) in [4.78, 5) is 31.3. The lowest BCUT2D eigenvalue weighted by molar-refractivity contribution is -0.132. The number of rotatable bonds is 4. The van der Waals surface area contributed by atoms with E-state index in [-0.39, 0.29) is 11.5 Å². The number of carbonyl (C=O) groups is 1. The van der Waals surface area contributed by atoms with E-state index < -0.39 is 0 Å². The lowest BCUT2D eigenvalue weighted by Gasteiger charge is -2.26. The first-order valence-electron chi connectivity index (χ1n) is 9.00. The zero-order valence-corrected chi connectivity index (χ0v) is 14.5. The molecule has 26 heavy (non-hydrogen) atoms. The summed E-state index contributed by atoms with van der Waals surface area (Å²) >= 11 is 0. The number of aryl methyl sites for hydroxylation is 1. The minimum absolute atomic E-state index is 0.108. The third kappa shape index (κ3) is 3.12. The molecule has 0 atom stereocenters. The van der Waals surface area contributed by atoms with Crippen LogP contribution in [0.1, 0.15) is 25.7 Å². The van der Waals surface area contributed by atoms with Crippen LogP contribution in [0, 0.1) is 0 Å². The summed E-state index contributed by atoms with van der Waals surface area (Å²) in [5, 5.41) is 4.76. The minimum atomic E-state index is -0.163. The summed E-state index contributed by atoms with van der Waals surface area (Å²) in [5.41, 5.74) is 1.22. The summed E-state index contributed by atoms with van der Waals surface area (Å²) < 4.78 is 3.15. The van der Waals surface area contributed by atoms with E-state index in [2.05, 4.69) is 10.1 Å². The lowest BCUT2D eigenvalue weighted by atomic mass is 10.1. The molecular weight excluding hydrogens is 330 g/mol. The molecular formula is C19H21N5O2. The highest BCUT2D eigenvalue weighted by Gasteiger charge is 2.17. The second kappa shape index (κ2) is 7.11. The molecule has 2 aromatic heterocycles. The molecule has 0 radical (unpaired) electrons. The fraction of sp³-hybridized carbons (Fsp3) is 0.368. The molecule has 0 bridgehead atoms. The summed E-state index contributed by atoms with van der Waals surface area (Å²) in [6.07, 6.45) is 6.70. The predicted octanol–water partition coefficient (Wildman–Crippen LogP) is 1.98. The fourth-order valence-electron chi connectivity index (χ4n) is 3.38. The topological polar surface area (TPSA) is 73.0 Å². The number of piperidine rings is 1. The summed E-state index contributed by atoms with van der Waals surface area (Å²) in [6, 6.07) is 9.58. The molecule has 1 saturated heterocycles. The average Bonchev–Trinajstić information content (AvgIpc) is 3.13. The first kappa shape index (κ1) is 16.5. The van der Waals surface area contributed by atoms with Gasteiger partial charge in [-0.25, -0.2) is 9.67 Å². The average molecular weight is 351 g/mol. The SMILES string of the molecule is O=C(CCn1cnc2c(cnn2-c2ccccc2)c1=O)N1CCCCC1. The maximum Gasteiger partial charge on any atom is 0.264 e. The number of amides is 1. The van der Waals surface area contributed by atoms with Gasteiger partial charge < -0.3 is 4.90 Å². The Morgan fingerprint density at radius 2 is 1.85 bits per heavy atom. The number of nitrogens with zero attached hydrogens (tertiary/aromatic N) is 5. The Hall–Kier alpha value is -2.96. The van der Waals surface area contributed by atoms with E-state index in [0.717, 1.165) is 31.6 Å². The van der Waals surface area contributed by atoms with Gasteiger partial charge >= 0.3 is 0 Å². The van der Waals surface area contributed by atoms with Crippen molar-refractivity contribution in [1.82, 2.24) is 24.2 Å². The van der Waals surface area contributed by atoms with Crippen LogP contribution in [0.2, 0.25) is 0 Å². The normalized spacial score (nSPS) is 14.7. The Balaban J connectivity index is 1.55. The highest BCUT2D eigenvalue weighted by Crippen LogP contribution is 2.13. The standard InChI is InChI=1S/C19H21N5O2/c25-17(22-10-5-2-6-11-22)9-12-23-14-20-18-16(19(23)26)13-21-24(18)15-7-3-1-4-8-15/h1,3-4,7-8,13-14H,2,5-6,9-12H2. The van der Waals surface area contributed by atoms with Gasteiger partial charge in [0, 0.05) is 26.1 Å². The first-order valence-corrected chi connectivity index (χ1v) is 9.00. The Morgan fingerprint density at radius 1 is 1.08 bits per heavy atom. The van der Waals surface area contributed by atoms with Crippen molar-refractivity contribution in [3.05, 3.63) is 53.2 Å². The molecule has 1 aliphatic heterocycles. The van der Waals surface area contributed by atoms with Crippen LogP contribution in [0.5, 0.6) is 0 Å². The van der Waals surface area contributed by atoms with Gasteiger partial charge in [0.15, 0.2) is 5.65 Å². The molecule has 3 heterocycles. The molecule has 0 aliphatic carbocycles. The van der Waals surface area contributed by atoms with Crippen molar-refractivity contribution in [1.29, 1.82) is 0 Å². The molecule has 0 saturated carbocycles. The molecule has 1 fully saturated rings. The molecule has 7 heteroatoms. The zero-order valence-electron chi connectivity index (χ0n) is 14.5. The van der Waals surface area contributed by atoms with Crippen molar-refractivity contribution in [2.24, 2.45) is 0 Å². The van der Waals surface area contributed by atoms with E-state index in [1.165, 1.54) is 17.3 Å². The van der Waals surface area contributed by atoms with Crippen molar-refractivity contribution in [2.45, 2.75) is 32.2 Å². The maximum absolute atomic E-state index is 12.7. The van der Waals surface area contributed by atoms with E-state index >= 15 is 0 Å². The summed E-state index contributed by atoms with van der Waals surface area (Å²) in [7, 11) is 0. The van der Waals surface area contributed by atoms with Crippen molar-refractivity contribution < 1.29 is 4.79 Å². The van der Waals surface area contributed by atoms with Crippen molar-refractivity contribution in [2.75, 3.05) is 13.1 Å². The number of fused-ring (bicyclic) bond motifs is 1. The van der Waals surface area contributed by atoms with E-state index in [0.29, 0.717) is 24.0 Å². The summed E-state index contributed by atoms with van der Waals surface area (Å²) in [6.45, 7) is 2.00. The highest BCUT2D eigenvalue weighted by molar-refractivity contribution is 5.76. The van der Waals surface area contributed by atoms with Gasteiger partial charge in [-0.1, -0.05) is 18.2 Å². The molecule has 0 N–H and O–H groups in total. The molecule has 1 aromatic carbocycles. The van der Waals surface area contributed by atoms with Gasteiger partial charge in [0.2, 0.25) is 5.91 Å². The van der Waals surface area contributed by atoms with Crippen molar-refractivity contribution in [3.63, 3.8) is 0 Å². The van der Waals surface area contributed by atoms with Crippen molar-refractivity contribution in [3.8, 4) is 5.69 Å². The molecule has 3 aromatic rings. The van der Waals surface area contributed by atoms with Crippen LogP contribution in [-0.2, 0) is 11.3 Å². The van der Waals surface area contributed by atoms with Crippen LogP contribution in [-0.4, -0.2) is 43.2 Å². The number of likely N-dealkylation sites (tertiary alicyclic amines) is 1. The second-order valence-electron chi connectivity index (χ2n) is 6.56.